The minimum Gasteiger partial charge on any atom is -0.379 e. The molecule has 1 amide bonds. The maximum Gasteiger partial charge on any atom is 0.272 e. The van der Waals surface area contributed by atoms with E-state index in [4.69, 9.17) is 4.74 Å². The molecule has 120 valence electrons. The van der Waals surface area contributed by atoms with Crippen LogP contribution < -0.4 is 0 Å². The van der Waals surface area contributed by atoms with Crippen LogP contribution in [0.25, 0.3) is 0 Å². The van der Waals surface area contributed by atoms with Crippen LogP contribution in [0, 0.1) is 6.92 Å². The number of nitrogens with zero attached hydrogens (tertiary/aromatic N) is 3. The van der Waals surface area contributed by atoms with E-state index in [0.29, 0.717) is 11.7 Å². The van der Waals surface area contributed by atoms with Gasteiger partial charge in [0.25, 0.3) is 5.91 Å². The van der Waals surface area contributed by atoms with E-state index in [1.165, 1.54) is 6.42 Å². The largest absolute Gasteiger partial charge is 0.379 e. The van der Waals surface area contributed by atoms with E-state index in [9.17, 15) is 4.79 Å². The van der Waals surface area contributed by atoms with Gasteiger partial charge in [-0.2, -0.15) is 0 Å². The van der Waals surface area contributed by atoms with Gasteiger partial charge in [-0.3, -0.25) is 9.69 Å². The Labute approximate surface area is 132 Å². The van der Waals surface area contributed by atoms with Gasteiger partial charge in [0.2, 0.25) is 0 Å². The summed E-state index contributed by atoms with van der Waals surface area (Å²) >= 11 is 0. The van der Waals surface area contributed by atoms with E-state index >= 15 is 0 Å². The fourth-order valence-corrected chi connectivity index (χ4v) is 3.35. The summed E-state index contributed by atoms with van der Waals surface area (Å²) in [5.74, 6) is 0.0849. The molecule has 2 aliphatic heterocycles. The number of carbonyl (C=O) groups excluding carboxylic acids is 1. The Morgan fingerprint density at radius 1 is 1.27 bits per heavy atom. The molecule has 3 heterocycles. The second-order valence-corrected chi connectivity index (χ2v) is 6.23. The topological polar surface area (TPSA) is 45.7 Å². The molecule has 3 rings (SSSR count). The van der Waals surface area contributed by atoms with Crippen molar-refractivity contribution < 1.29 is 9.53 Å². The Morgan fingerprint density at radius 3 is 2.86 bits per heavy atom. The van der Waals surface area contributed by atoms with Crippen LogP contribution in [0.15, 0.2) is 18.2 Å². The zero-order chi connectivity index (χ0) is 15.4. The molecule has 0 aromatic carbocycles. The quantitative estimate of drug-likeness (QED) is 0.853. The number of ether oxygens (including phenoxy) is 1. The Balaban J connectivity index is 1.70. The number of likely N-dealkylation sites (tertiary alicyclic amines) is 1. The fourth-order valence-electron chi connectivity index (χ4n) is 3.35. The highest BCUT2D eigenvalue weighted by Gasteiger charge is 2.29. The number of aryl methyl sites for hydroxylation is 1. The number of pyridine rings is 1. The van der Waals surface area contributed by atoms with Crippen molar-refractivity contribution in [2.45, 2.75) is 32.2 Å². The standard InChI is InChI=1S/C17H25N3O2/c1-14-5-4-7-16(18-14)17(21)20-8-3-2-6-15(20)13-19-9-11-22-12-10-19/h4-5,7,15H,2-3,6,8-13H2,1H3. The first-order valence-corrected chi connectivity index (χ1v) is 8.29. The van der Waals surface area contributed by atoms with Gasteiger partial charge < -0.3 is 9.64 Å². The van der Waals surface area contributed by atoms with E-state index in [2.05, 4.69) is 9.88 Å². The predicted molar refractivity (Wildman–Crippen MR) is 84.9 cm³/mol. The molecule has 0 bridgehead atoms. The third-order valence-corrected chi connectivity index (χ3v) is 4.57. The first-order valence-electron chi connectivity index (χ1n) is 8.29. The number of morpholine rings is 1. The Morgan fingerprint density at radius 2 is 2.09 bits per heavy atom. The molecule has 0 N–H and O–H groups in total. The van der Waals surface area contributed by atoms with E-state index < -0.39 is 0 Å². The minimum absolute atomic E-state index is 0.0849. The van der Waals surface area contributed by atoms with Gasteiger partial charge in [0, 0.05) is 37.9 Å². The number of rotatable bonds is 3. The molecule has 2 fully saturated rings. The molecule has 0 saturated carbocycles. The number of hydrogen-bond donors (Lipinski definition) is 0. The predicted octanol–water partition coefficient (Wildman–Crippen LogP) is 1.72. The van der Waals surface area contributed by atoms with Crippen LogP contribution in [0.1, 0.15) is 35.4 Å². The van der Waals surface area contributed by atoms with Gasteiger partial charge >= 0.3 is 0 Å². The number of carbonyl (C=O) groups is 1. The van der Waals surface area contributed by atoms with Crippen molar-refractivity contribution in [1.82, 2.24) is 14.8 Å². The summed E-state index contributed by atoms with van der Waals surface area (Å²) in [7, 11) is 0. The first kappa shape index (κ1) is 15.4. The molecule has 0 spiro atoms. The number of hydrogen-bond acceptors (Lipinski definition) is 4. The summed E-state index contributed by atoms with van der Waals surface area (Å²) in [6.45, 7) is 7.30. The number of amides is 1. The van der Waals surface area contributed by atoms with Crippen molar-refractivity contribution in [1.29, 1.82) is 0 Å². The highest BCUT2D eigenvalue weighted by atomic mass is 16.5. The van der Waals surface area contributed by atoms with Crippen molar-refractivity contribution in [2.75, 3.05) is 39.4 Å². The molecule has 0 aliphatic carbocycles. The van der Waals surface area contributed by atoms with Crippen molar-refractivity contribution in [3.05, 3.63) is 29.6 Å². The van der Waals surface area contributed by atoms with Gasteiger partial charge in [0.05, 0.1) is 13.2 Å². The van der Waals surface area contributed by atoms with Crippen molar-refractivity contribution in [2.24, 2.45) is 0 Å². The molecule has 2 saturated heterocycles. The average Bonchev–Trinajstić information content (AvgIpc) is 2.56. The SMILES string of the molecule is Cc1cccc(C(=O)N2CCCCC2CN2CCOCC2)n1. The molecule has 0 radical (unpaired) electrons. The second kappa shape index (κ2) is 7.20. The van der Waals surface area contributed by atoms with E-state index in [1.54, 1.807) is 0 Å². The third-order valence-electron chi connectivity index (χ3n) is 4.57. The summed E-state index contributed by atoms with van der Waals surface area (Å²) < 4.78 is 5.41. The van der Waals surface area contributed by atoms with Crippen LogP contribution in [0.2, 0.25) is 0 Å². The van der Waals surface area contributed by atoms with Crippen LogP contribution >= 0.6 is 0 Å². The lowest BCUT2D eigenvalue weighted by atomic mass is 10.0. The lowest BCUT2D eigenvalue weighted by Gasteiger charge is -2.39. The van der Waals surface area contributed by atoms with Gasteiger partial charge in [-0.05, 0) is 38.3 Å². The molecule has 22 heavy (non-hydrogen) atoms. The number of aromatic nitrogens is 1. The van der Waals surface area contributed by atoms with Gasteiger partial charge in [0.1, 0.15) is 5.69 Å². The van der Waals surface area contributed by atoms with Crippen molar-refractivity contribution in [3.8, 4) is 0 Å². The van der Waals surface area contributed by atoms with Gasteiger partial charge in [-0.25, -0.2) is 4.98 Å². The summed E-state index contributed by atoms with van der Waals surface area (Å²) in [6, 6.07) is 5.98. The summed E-state index contributed by atoms with van der Waals surface area (Å²) in [5, 5.41) is 0. The first-order chi connectivity index (χ1) is 10.7. The molecule has 1 atom stereocenters. The zero-order valence-electron chi connectivity index (χ0n) is 13.3. The zero-order valence-corrected chi connectivity index (χ0v) is 13.3. The lowest BCUT2D eigenvalue weighted by molar-refractivity contribution is 0.0164. The van der Waals surface area contributed by atoms with Crippen LogP contribution in [-0.2, 0) is 4.74 Å². The molecular weight excluding hydrogens is 278 g/mol. The fraction of sp³-hybridized carbons (Fsp3) is 0.647. The molecule has 1 aromatic rings. The summed E-state index contributed by atoms with van der Waals surface area (Å²) in [4.78, 5) is 21.7. The highest BCUT2D eigenvalue weighted by Crippen LogP contribution is 2.20. The Hall–Kier alpha value is -1.46. The molecule has 1 unspecified atom stereocenters. The molecule has 5 nitrogen and oxygen atoms in total. The van der Waals surface area contributed by atoms with Crippen LogP contribution in [-0.4, -0.2) is 66.1 Å². The van der Waals surface area contributed by atoms with Crippen molar-refractivity contribution in [3.63, 3.8) is 0 Å². The maximum atomic E-state index is 12.8. The molecule has 2 aliphatic rings. The Kier molecular flexibility index (Phi) is 5.05. The van der Waals surface area contributed by atoms with E-state index in [0.717, 1.165) is 57.9 Å². The monoisotopic (exact) mass is 303 g/mol. The maximum absolute atomic E-state index is 12.8. The lowest BCUT2D eigenvalue weighted by Crippen LogP contribution is -2.51. The second-order valence-electron chi connectivity index (χ2n) is 6.23. The van der Waals surface area contributed by atoms with E-state index in [1.807, 2.05) is 30.0 Å². The summed E-state index contributed by atoms with van der Waals surface area (Å²) in [5.41, 5.74) is 1.47. The Bertz CT molecular complexity index is 514. The normalized spacial score (nSPS) is 23.5. The average molecular weight is 303 g/mol. The van der Waals surface area contributed by atoms with Crippen LogP contribution in [0.5, 0.6) is 0 Å². The van der Waals surface area contributed by atoms with Gasteiger partial charge in [-0.15, -0.1) is 0 Å². The molecular formula is C17H25N3O2. The highest BCUT2D eigenvalue weighted by molar-refractivity contribution is 5.92. The molecule has 5 heteroatoms. The third kappa shape index (κ3) is 3.65. The van der Waals surface area contributed by atoms with Crippen LogP contribution in [0.4, 0.5) is 0 Å². The molecule has 1 aromatic heterocycles. The van der Waals surface area contributed by atoms with Gasteiger partial charge in [0.15, 0.2) is 0 Å². The van der Waals surface area contributed by atoms with Crippen LogP contribution in [0.3, 0.4) is 0 Å². The smallest absolute Gasteiger partial charge is 0.272 e. The summed E-state index contributed by atoms with van der Waals surface area (Å²) in [6.07, 6.45) is 3.39. The number of piperidine rings is 1. The van der Waals surface area contributed by atoms with Crippen molar-refractivity contribution >= 4 is 5.91 Å². The van der Waals surface area contributed by atoms with Gasteiger partial charge in [-0.1, -0.05) is 6.07 Å². The van der Waals surface area contributed by atoms with E-state index in [-0.39, 0.29) is 5.91 Å². The minimum atomic E-state index is 0.0849.